The summed E-state index contributed by atoms with van der Waals surface area (Å²) in [6.45, 7) is 10.2. The zero-order valence-electron chi connectivity index (χ0n) is 14.5. The average molecular weight is 306 g/mol. The Morgan fingerprint density at radius 1 is 1.26 bits per heavy atom. The fraction of sp³-hybridized carbons (Fsp3) is 0.409. The summed E-state index contributed by atoms with van der Waals surface area (Å²) in [5.41, 5.74) is 5.01. The van der Waals surface area contributed by atoms with E-state index in [0.29, 0.717) is 5.92 Å². The molecule has 0 saturated heterocycles. The van der Waals surface area contributed by atoms with Gasteiger partial charge in [0, 0.05) is 11.1 Å². The molecule has 1 aliphatic rings. The number of carbonyl (C=O) groups is 1. The molecular weight excluding hydrogens is 280 g/mol. The molecule has 120 valence electrons. The Bertz CT molecular complexity index is 674. The van der Waals surface area contributed by atoms with E-state index in [2.05, 4.69) is 31.4 Å². The summed E-state index contributed by atoms with van der Waals surface area (Å²) >= 11 is 0. The van der Waals surface area contributed by atoms with Crippen LogP contribution in [0.5, 0.6) is 0 Å². The second kappa shape index (κ2) is 7.97. The maximum absolute atomic E-state index is 11.8. The van der Waals surface area contributed by atoms with Gasteiger partial charge in [-0.05, 0) is 67.4 Å². The Morgan fingerprint density at radius 3 is 2.48 bits per heavy atom. The topological polar surface area (TPSA) is 17.1 Å². The molecule has 0 aromatic heterocycles. The van der Waals surface area contributed by atoms with Gasteiger partial charge in [-0.2, -0.15) is 0 Å². The summed E-state index contributed by atoms with van der Waals surface area (Å²) in [5, 5.41) is 0. The van der Waals surface area contributed by atoms with Crippen molar-refractivity contribution < 1.29 is 4.79 Å². The lowest BCUT2D eigenvalue weighted by atomic mass is 9.77. The molecule has 0 radical (unpaired) electrons. The minimum atomic E-state index is 0.457. The van der Waals surface area contributed by atoms with Gasteiger partial charge in [0.2, 0.25) is 0 Å². The van der Waals surface area contributed by atoms with Crippen LogP contribution < -0.4 is 0 Å². The summed E-state index contributed by atoms with van der Waals surface area (Å²) in [6.07, 6.45) is 7.67. The molecule has 0 spiro atoms. The van der Waals surface area contributed by atoms with Gasteiger partial charge in [-0.25, -0.2) is 0 Å². The number of allylic oxidation sites excluding steroid dienone is 3. The van der Waals surface area contributed by atoms with Crippen LogP contribution in [0.25, 0.3) is 5.57 Å². The number of rotatable bonds is 4. The zero-order chi connectivity index (χ0) is 16.8. The van der Waals surface area contributed by atoms with Gasteiger partial charge in [0.05, 0.1) is 0 Å². The van der Waals surface area contributed by atoms with Crippen LogP contribution in [0.15, 0.2) is 36.4 Å². The molecule has 0 aliphatic heterocycles. The Balaban J connectivity index is 2.44. The number of carbonyl (C=O) groups excluding carboxylic acids is 1. The zero-order valence-corrected chi connectivity index (χ0v) is 14.5. The van der Waals surface area contributed by atoms with E-state index in [0.717, 1.165) is 52.9 Å². The molecular formula is C22H26O. The first-order chi connectivity index (χ1) is 11.1. The molecule has 2 rings (SSSR count). The highest BCUT2D eigenvalue weighted by atomic mass is 16.1. The van der Waals surface area contributed by atoms with E-state index in [1.807, 2.05) is 32.1 Å². The highest BCUT2D eigenvalue weighted by molar-refractivity contribution is 6.09. The van der Waals surface area contributed by atoms with E-state index in [1.54, 1.807) is 0 Å². The van der Waals surface area contributed by atoms with Crippen molar-refractivity contribution in [2.24, 2.45) is 11.8 Å². The van der Waals surface area contributed by atoms with Gasteiger partial charge in [0.1, 0.15) is 0 Å². The van der Waals surface area contributed by atoms with Crippen LogP contribution in [-0.4, -0.2) is 6.29 Å². The van der Waals surface area contributed by atoms with Gasteiger partial charge in [0.25, 0.3) is 0 Å². The Kier molecular flexibility index (Phi) is 5.99. The third kappa shape index (κ3) is 4.02. The van der Waals surface area contributed by atoms with Gasteiger partial charge in [-0.3, -0.25) is 4.79 Å². The number of benzene rings is 1. The summed E-state index contributed by atoms with van der Waals surface area (Å²) in [4.78, 5) is 11.8. The highest BCUT2D eigenvalue weighted by Crippen LogP contribution is 2.37. The number of aryl methyl sites for hydroxylation is 1. The van der Waals surface area contributed by atoms with E-state index in [1.165, 1.54) is 12.8 Å². The van der Waals surface area contributed by atoms with Crippen LogP contribution in [-0.2, 0) is 4.79 Å². The summed E-state index contributed by atoms with van der Waals surface area (Å²) in [5.74, 6) is 7.24. The first-order valence-electron chi connectivity index (χ1n) is 8.46. The second-order valence-electron chi connectivity index (χ2n) is 6.55. The molecule has 23 heavy (non-hydrogen) atoms. The van der Waals surface area contributed by atoms with E-state index < -0.39 is 0 Å². The maximum atomic E-state index is 11.8. The molecule has 0 bridgehead atoms. The molecule has 1 aromatic carbocycles. The van der Waals surface area contributed by atoms with Crippen LogP contribution in [0.1, 0.15) is 56.2 Å². The van der Waals surface area contributed by atoms with Crippen LogP contribution in [0.2, 0.25) is 0 Å². The lowest BCUT2D eigenvalue weighted by Gasteiger charge is -2.28. The van der Waals surface area contributed by atoms with Crippen molar-refractivity contribution in [2.75, 3.05) is 0 Å². The predicted molar refractivity (Wildman–Crippen MR) is 98.0 cm³/mol. The molecule has 1 saturated carbocycles. The van der Waals surface area contributed by atoms with E-state index >= 15 is 0 Å². The lowest BCUT2D eigenvalue weighted by Crippen LogP contribution is -2.15. The third-order valence-corrected chi connectivity index (χ3v) is 4.89. The van der Waals surface area contributed by atoms with E-state index in [9.17, 15) is 4.79 Å². The smallest absolute Gasteiger partial charge is 0.150 e. The van der Waals surface area contributed by atoms with Crippen LogP contribution in [0, 0.1) is 30.6 Å². The standard InChI is InChI=1S/C22H26O/c1-5-7-18-10-13-21(17(4)14-18)22(15-23)20(6-2)19-11-8-16(3)9-12-19/h6,10,13-16,19H,2,8-9,11-12H2,1,3-4H3/b22-20+. The second-order valence-corrected chi connectivity index (χ2v) is 6.55. The molecule has 1 fully saturated rings. The molecule has 0 unspecified atom stereocenters. The van der Waals surface area contributed by atoms with Crippen molar-refractivity contribution in [3.63, 3.8) is 0 Å². The van der Waals surface area contributed by atoms with Crippen molar-refractivity contribution in [2.45, 2.75) is 46.5 Å². The largest absolute Gasteiger partial charge is 0.298 e. The minimum absolute atomic E-state index is 0.457. The van der Waals surface area contributed by atoms with Crippen molar-refractivity contribution in [1.82, 2.24) is 0 Å². The normalized spacial score (nSPS) is 21.7. The third-order valence-electron chi connectivity index (χ3n) is 4.89. The number of hydrogen-bond donors (Lipinski definition) is 0. The predicted octanol–water partition coefficient (Wildman–Crippen LogP) is 5.33. The Labute approximate surface area is 140 Å². The van der Waals surface area contributed by atoms with Crippen LogP contribution in [0.4, 0.5) is 0 Å². The van der Waals surface area contributed by atoms with Crippen molar-refractivity contribution >= 4 is 11.9 Å². The first kappa shape index (κ1) is 17.3. The van der Waals surface area contributed by atoms with Crippen LogP contribution in [0.3, 0.4) is 0 Å². The molecule has 1 nitrogen and oxygen atoms in total. The van der Waals surface area contributed by atoms with E-state index in [-0.39, 0.29) is 0 Å². The quantitative estimate of drug-likeness (QED) is 0.318. The monoisotopic (exact) mass is 306 g/mol. The molecule has 1 heteroatoms. The number of aldehydes is 1. The molecule has 0 atom stereocenters. The van der Waals surface area contributed by atoms with Gasteiger partial charge in [-0.1, -0.05) is 44.4 Å². The Morgan fingerprint density at radius 2 is 1.96 bits per heavy atom. The minimum Gasteiger partial charge on any atom is -0.298 e. The SMILES string of the molecule is C=C/C(=C(/C=O)c1ccc(C#CC)cc1C)C1CCC(C)CC1. The highest BCUT2D eigenvalue weighted by Gasteiger charge is 2.23. The van der Waals surface area contributed by atoms with Gasteiger partial charge >= 0.3 is 0 Å². The molecule has 1 aliphatic carbocycles. The molecule has 1 aromatic rings. The van der Waals surface area contributed by atoms with E-state index in [4.69, 9.17) is 0 Å². The summed E-state index contributed by atoms with van der Waals surface area (Å²) in [7, 11) is 0. The van der Waals surface area contributed by atoms with Crippen molar-refractivity contribution in [1.29, 1.82) is 0 Å². The van der Waals surface area contributed by atoms with Crippen LogP contribution >= 0.6 is 0 Å². The molecule has 0 amide bonds. The molecule has 0 heterocycles. The fourth-order valence-electron chi connectivity index (χ4n) is 3.54. The maximum Gasteiger partial charge on any atom is 0.150 e. The fourth-order valence-corrected chi connectivity index (χ4v) is 3.54. The van der Waals surface area contributed by atoms with Crippen molar-refractivity contribution in [3.05, 3.63) is 53.1 Å². The lowest BCUT2D eigenvalue weighted by molar-refractivity contribution is -0.103. The van der Waals surface area contributed by atoms with Gasteiger partial charge in [0.15, 0.2) is 6.29 Å². The summed E-state index contributed by atoms with van der Waals surface area (Å²) < 4.78 is 0. The van der Waals surface area contributed by atoms with Gasteiger partial charge in [-0.15, -0.1) is 5.92 Å². The first-order valence-corrected chi connectivity index (χ1v) is 8.46. The molecule has 0 N–H and O–H groups in total. The summed E-state index contributed by atoms with van der Waals surface area (Å²) in [6, 6.07) is 6.07. The Hall–Kier alpha value is -2.07. The average Bonchev–Trinajstić information content (AvgIpc) is 2.55. The number of hydrogen-bond acceptors (Lipinski definition) is 1. The van der Waals surface area contributed by atoms with Crippen molar-refractivity contribution in [3.8, 4) is 11.8 Å². The van der Waals surface area contributed by atoms with Gasteiger partial charge < -0.3 is 0 Å².